The molecule has 2 N–H and O–H groups in total. The third-order valence-corrected chi connectivity index (χ3v) is 1.54. The molecule has 0 aliphatic carbocycles. The smallest absolute Gasteiger partial charge is 0.130 e. The average Bonchev–Trinajstić information content (AvgIpc) is 1.99. The van der Waals surface area contributed by atoms with Crippen LogP contribution in [0.15, 0.2) is 6.07 Å². The first-order chi connectivity index (χ1) is 6.08. The molecular weight excluding hydrogens is 166 g/mol. The Morgan fingerprint density at radius 2 is 2.15 bits per heavy atom. The maximum absolute atomic E-state index is 9.05. The maximum atomic E-state index is 9.05. The lowest BCUT2D eigenvalue weighted by Gasteiger charge is -2.08. The number of nitrogens with one attached hydrogen (secondary N) is 1. The van der Waals surface area contributed by atoms with Crippen molar-refractivity contribution in [3.8, 4) is 0 Å². The van der Waals surface area contributed by atoms with E-state index >= 15 is 0 Å². The lowest BCUT2D eigenvalue weighted by atomic mass is 10.3. The van der Waals surface area contributed by atoms with Gasteiger partial charge in [0.1, 0.15) is 11.6 Å². The molecule has 13 heavy (non-hydrogen) atoms. The fraction of sp³-hybridized carbons (Fsp3) is 0.556. The first kappa shape index (κ1) is 9.92. The molecule has 0 bridgehead atoms. The predicted molar refractivity (Wildman–Crippen MR) is 51.7 cm³/mol. The molecule has 0 saturated carbocycles. The van der Waals surface area contributed by atoms with Crippen LogP contribution >= 0.6 is 0 Å². The van der Waals surface area contributed by atoms with Gasteiger partial charge in [-0.05, 0) is 20.8 Å². The van der Waals surface area contributed by atoms with Gasteiger partial charge in [0, 0.05) is 18.3 Å². The second kappa shape index (κ2) is 4.18. The van der Waals surface area contributed by atoms with Crippen LogP contribution in [0.1, 0.15) is 18.4 Å². The van der Waals surface area contributed by atoms with E-state index in [1.54, 1.807) is 6.92 Å². The largest absolute Gasteiger partial charge is 0.392 e. The molecule has 1 heterocycles. The monoisotopic (exact) mass is 181 g/mol. The molecular formula is C9H15N3O. The third-order valence-electron chi connectivity index (χ3n) is 1.54. The van der Waals surface area contributed by atoms with E-state index in [1.807, 2.05) is 19.9 Å². The maximum Gasteiger partial charge on any atom is 0.130 e. The molecule has 1 aromatic heterocycles. The van der Waals surface area contributed by atoms with Gasteiger partial charge in [-0.2, -0.15) is 0 Å². The predicted octanol–water partition coefficient (Wildman–Crippen LogP) is 0.886. The summed E-state index contributed by atoms with van der Waals surface area (Å²) in [4.78, 5) is 8.32. The molecule has 0 aromatic carbocycles. The zero-order chi connectivity index (χ0) is 9.84. The number of nitrogens with zero attached hydrogens (tertiary/aromatic N) is 2. The Labute approximate surface area is 78.0 Å². The Hall–Kier alpha value is -1.16. The molecule has 72 valence electrons. The molecule has 4 heteroatoms. The molecule has 0 aliphatic rings. The topological polar surface area (TPSA) is 58.0 Å². The van der Waals surface area contributed by atoms with Crippen LogP contribution in [-0.2, 0) is 0 Å². The molecule has 1 aromatic rings. The zero-order valence-corrected chi connectivity index (χ0v) is 8.20. The van der Waals surface area contributed by atoms with E-state index < -0.39 is 0 Å². The summed E-state index contributed by atoms with van der Waals surface area (Å²) in [7, 11) is 0. The minimum atomic E-state index is -0.365. The van der Waals surface area contributed by atoms with Gasteiger partial charge in [0.15, 0.2) is 0 Å². The standard InChI is InChI=1S/C9H15N3O/c1-6-4-9(10-5-7(2)13)12-8(3)11-6/h4,7,13H,5H2,1-3H3,(H,10,11,12)/t7-/m1/s1. The van der Waals surface area contributed by atoms with Crippen molar-refractivity contribution in [1.82, 2.24) is 9.97 Å². The van der Waals surface area contributed by atoms with Crippen molar-refractivity contribution < 1.29 is 5.11 Å². The lowest BCUT2D eigenvalue weighted by Crippen LogP contribution is -2.16. The van der Waals surface area contributed by atoms with E-state index in [-0.39, 0.29) is 6.10 Å². The van der Waals surface area contributed by atoms with Crippen LogP contribution < -0.4 is 5.32 Å². The normalized spacial score (nSPS) is 12.6. The summed E-state index contributed by atoms with van der Waals surface area (Å²) >= 11 is 0. The van der Waals surface area contributed by atoms with Crippen LogP contribution in [0.25, 0.3) is 0 Å². The van der Waals surface area contributed by atoms with E-state index in [2.05, 4.69) is 15.3 Å². The van der Waals surface area contributed by atoms with Gasteiger partial charge in [-0.1, -0.05) is 0 Å². The van der Waals surface area contributed by atoms with Gasteiger partial charge < -0.3 is 10.4 Å². The molecule has 0 unspecified atom stereocenters. The number of hydrogen-bond donors (Lipinski definition) is 2. The molecule has 4 nitrogen and oxygen atoms in total. The van der Waals surface area contributed by atoms with Crippen molar-refractivity contribution in [2.75, 3.05) is 11.9 Å². The highest BCUT2D eigenvalue weighted by Gasteiger charge is 1.99. The van der Waals surface area contributed by atoms with Crippen molar-refractivity contribution in [2.45, 2.75) is 26.9 Å². The fourth-order valence-electron chi connectivity index (χ4n) is 1.06. The average molecular weight is 181 g/mol. The summed E-state index contributed by atoms with van der Waals surface area (Å²) in [6.07, 6.45) is -0.365. The van der Waals surface area contributed by atoms with Crippen LogP contribution in [0.2, 0.25) is 0 Å². The van der Waals surface area contributed by atoms with Crippen molar-refractivity contribution >= 4 is 5.82 Å². The second-order valence-electron chi connectivity index (χ2n) is 3.17. The molecule has 0 aliphatic heterocycles. The van der Waals surface area contributed by atoms with Crippen LogP contribution in [0, 0.1) is 13.8 Å². The highest BCUT2D eigenvalue weighted by molar-refractivity contribution is 5.35. The Kier molecular flexibility index (Phi) is 3.19. The van der Waals surface area contributed by atoms with E-state index in [1.165, 1.54) is 0 Å². The third kappa shape index (κ3) is 3.38. The quantitative estimate of drug-likeness (QED) is 0.727. The van der Waals surface area contributed by atoms with Crippen molar-refractivity contribution in [3.63, 3.8) is 0 Å². The fourth-order valence-corrected chi connectivity index (χ4v) is 1.06. The Balaban J connectivity index is 2.66. The van der Waals surface area contributed by atoms with Gasteiger partial charge in [0.2, 0.25) is 0 Å². The van der Waals surface area contributed by atoms with E-state index in [9.17, 15) is 0 Å². The number of rotatable bonds is 3. The summed E-state index contributed by atoms with van der Waals surface area (Å²) in [5, 5.41) is 12.1. The molecule has 0 spiro atoms. The summed E-state index contributed by atoms with van der Waals surface area (Å²) in [6.45, 7) is 6.01. The summed E-state index contributed by atoms with van der Waals surface area (Å²) in [6, 6.07) is 1.86. The van der Waals surface area contributed by atoms with Crippen molar-refractivity contribution in [1.29, 1.82) is 0 Å². The number of hydrogen-bond acceptors (Lipinski definition) is 4. The van der Waals surface area contributed by atoms with E-state index in [0.717, 1.165) is 17.3 Å². The van der Waals surface area contributed by atoms with Crippen molar-refractivity contribution in [3.05, 3.63) is 17.6 Å². The molecule has 1 atom stereocenters. The number of aliphatic hydroxyl groups is 1. The minimum Gasteiger partial charge on any atom is -0.392 e. The van der Waals surface area contributed by atoms with Crippen LogP contribution in [0.4, 0.5) is 5.82 Å². The molecule has 0 amide bonds. The van der Waals surface area contributed by atoms with Gasteiger partial charge in [-0.15, -0.1) is 0 Å². The van der Waals surface area contributed by atoms with Gasteiger partial charge in [0.05, 0.1) is 6.10 Å². The van der Waals surface area contributed by atoms with Gasteiger partial charge in [-0.25, -0.2) is 9.97 Å². The van der Waals surface area contributed by atoms with Crippen molar-refractivity contribution in [2.24, 2.45) is 0 Å². The first-order valence-electron chi connectivity index (χ1n) is 4.32. The zero-order valence-electron chi connectivity index (χ0n) is 8.20. The Bertz CT molecular complexity index is 266. The Morgan fingerprint density at radius 3 is 2.69 bits per heavy atom. The van der Waals surface area contributed by atoms with Gasteiger partial charge >= 0.3 is 0 Å². The van der Waals surface area contributed by atoms with Crippen LogP contribution in [0.3, 0.4) is 0 Å². The first-order valence-corrected chi connectivity index (χ1v) is 4.32. The van der Waals surface area contributed by atoms with Crippen LogP contribution in [0.5, 0.6) is 0 Å². The van der Waals surface area contributed by atoms with Gasteiger partial charge in [0.25, 0.3) is 0 Å². The summed E-state index contributed by atoms with van der Waals surface area (Å²) in [5.74, 6) is 1.51. The highest BCUT2D eigenvalue weighted by Crippen LogP contribution is 2.05. The van der Waals surface area contributed by atoms with Gasteiger partial charge in [-0.3, -0.25) is 0 Å². The minimum absolute atomic E-state index is 0.365. The summed E-state index contributed by atoms with van der Waals surface area (Å²) < 4.78 is 0. The SMILES string of the molecule is Cc1cc(NC[C@@H](C)O)nc(C)n1. The molecule has 0 radical (unpaired) electrons. The number of aromatic nitrogens is 2. The lowest BCUT2D eigenvalue weighted by molar-refractivity contribution is 0.208. The molecule has 0 fully saturated rings. The Morgan fingerprint density at radius 1 is 1.46 bits per heavy atom. The number of anilines is 1. The van der Waals surface area contributed by atoms with Crippen LogP contribution in [-0.4, -0.2) is 27.7 Å². The number of aryl methyl sites for hydroxylation is 2. The van der Waals surface area contributed by atoms with E-state index in [4.69, 9.17) is 5.11 Å². The van der Waals surface area contributed by atoms with E-state index in [0.29, 0.717) is 6.54 Å². The summed E-state index contributed by atoms with van der Waals surface area (Å²) in [5.41, 5.74) is 0.931. The molecule has 1 rings (SSSR count). The molecule has 0 saturated heterocycles. The number of aliphatic hydroxyl groups excluding tert-OH is 1. The second-order valence-corrected chi connectivity index (χ2v) is 3.17. The highest BCUT2D eigenvalue weighted by atomic mass is 16.3.